The van der Waals surface area contributed by atoms with Gasteiger partial charge in [-0.15, -0.1) is 0 Å². The lowest BCUT2D eigenvalue weighted by atomic mass is 10.0. The fourth-order valence-corrected chi connectivity index (χ4v) is 3.32. The molecule has 5 nitrogen and oxygen atoms in total. The van der Waals surface area contributed by atoms with Gasteiger partial charge in [0.05, 0.1) is 16.9 Å². The normalized spacial score (nSPS) is 11.1. The summed E-state index contributed by atoms with van der Waals surface area (Å²) >= 11 is 6.02. The van der Waals surface area contributed by atoms with Crippen LogP contribution in [0.25, 0.3) is 27.8 Å². The molecule has 3 heterocycles. The van der Waals surface area contributed by atoms with E-state index in [4.69, 9.17) is 17.3 Å². The van der Waals surface area contributed by atoms with Gasteiger partial charge in [0.25, 0.3) is 5.56 Å². The van der Waals surface area contributed by atoms with E-state index in [1.54, 1.807) is 41.1 Å². The van der Waals surface area contributed by atoms with Gasteiger partial charge in [-0.3, -0.25) is 14.3 Å². The molecule has 6 heteroatoms. The molecular weight excluding hydrogens is 360 g/mol. The molecule has 4 rings (SSSR count). The number of halogens is 1. The van der Waals surface area contributed by atoms with Crippen LogP contribution in [0.2, 0.25) is 5.02 Å². The number of rotatable bonds is 2. The zero-order valence-electron chi connectivity index (χ0n) is 14.9. The molecule has 27 heavy (non-hydrogen) atoms. The van der Waals surface area contributed by atoms with E-state index < -0.39 is 0 Å². The molecule has 0 spiro atoms. The van der Waals surface area contributed by atoms with Crippen molar-refractivity contribution in [1.82, 2.24) is 14.5 Å². The summed E-state index contributed by atoms with van der Waals surface area (Å²) in [6.07, 6.45) is 1.67. The third-order valence-electron chi connectivity index (χ3n) is 4.47. The van der Waals surface area contributed by atoms with E-state index in [9.17, 15) is 4.79 Å². The van der Waals surface area contributed by atoms with Crippen LogP contribution in [-0.2, 0) is 0 Å². The van der Waals surface area contributed by atoms with Gasteiger partial charge in [-0.25, -0.2) is 4.98 Å². The van der Waals surface area contributed by atoms with Crippen molar-refractivity contribution in [3.63, 3.8) is 0 Å². The summed E-state index contributed by atoms with van der Waals surface area (Å²) < 4.78 is 1.58. The number of nitrogens with two attached hydrogens (primary N) is 1. The number of nitrogens with zero attached hydrogens (tertiary/aromatic N) is 3. The highest BCUT2D eigenvalue weighted by Crippen LogP contribution is 2.30. The topological polar surface area (TPSA) is 73.8 Å². The fraction of sp³-hybridized carbons (Fsp3) is 0.0952. The molecule has 0 radical (unpaired) electrons. The summed E-state index contributed by atoms with van der Waals surface area (Å²) in [6, 6.07) is 14.5. The summed E-state index contributed by atoms with van der Waals surface area (Å²) in [4.78, 5) is 22.3. The minimum Gasteiger partial charge on any atom is -0.397 e. The second kappa shape index (κ2) is 6.52. The van der Waals surface area contributed by atoms with Crippen LogP contribution in [0, 0.1) is 13.8 Å². The third-order valence-corrected chi connectivity index (χ3v) is 4.72. The quantitative estimate of drug-likeness (QED) is 0.566. The minimum absolute atomic E-state index is 0.231. The van der Waals surface area contributed by atoms with Crippen LogP contribution in [0.1, 0.15) is 11.4 Å². The molecule has 0 aliphatic rings. The van der Waals surface area contributed by atoms with Gasteiger partial charge in [-0.2, -0.15) is 0 Å². The number of fused-ring (bicyclic) bond motifs is 1. The second-order valence-corrected chi connectivity index (χ2v) is 6.85. The van der Waals surface area contributed by atoms with Gasteiger partial charge < -0.3 is 5.73 Å². The zero-order valence-corrected chi connectivity index (χ0v) is 15.7. The van der Waals surface area contributed by atoms with Gasteiger partial charge in [-0.1, -0.05) is 11.6 Å². The SMILES string of the molecule is Cc1cc(-c2c(N)c3ccc(C)nc3n(-c3ccc(Cl)cc3)c2=O)ccn1. The van der Waals surface area contributed by atoms with E-state index in [0.717, 1.165) is 22.3 Å². The van der Waals surface area contributed by atoms with Crippen molar-refractivity contribution in [2.75, 3.05) is 5.73 Å². The minimum atomic E-state index is -0.231. The fourth-order valence-electron chi connectivity index (χ4n) is 3.19. The first kappa shape index (κ1) is 17.2. The Balaban J connectivity index is 2.16. The molecule has 0 atom stereocenters. The van der Waals surface area contributed by atoms with Crippen LogP contribution in [0.5, 0.6) is 0 Å². The summed E-state index contributed by atoms with van der Waals surface area (Å²) in [5.41, 5.74) is 10.6. The number of anilines is 1. The molecule has 134 valence electrons. The Morgan fingerprint density at radius 2 is 1.74 bits per heavy atom. The first-order chi connectivity index (χ1) is 13.0. The van der Waals surface area contributed by atoms with Crippen molar-refractivity contribution in [3.05, 3.63) is 81.5 Å². The standard InChI is InChI=1S/C21H17ClN4O/c1-12-3-8-17-19(23)18(14-9-10-24-13(2)11-14)21(27)26(20(17)25-12)16-6-4-15(22)5-7-16/h3-11H,23H2,1-2H3. The Bertz CT molecular complexity index is 1230. The van der Waals surface area contributed by atoms with E-state index in [0.29, 0.717) is 27.6 Å². The number of pyridine rings is 3. The van der Waals surface area contributed by atoms with Crippen LogP contribution in [-0.4, -0.2) is 14.5 Å². The van der Waals surface area contributed by atoms with Crippen LogP contribution >= 0.6 is 11.6 Å². The van der Waals surface area contributed by atoms with Crippen molar-refractivity contribution >= 4 is 28.3 Å². The maximum atomic E-state index is 13.5. The lowest BCUT2D eigenvalue weighted by Gasteiger charge is -2.16. The third kappa shape index (κ3) is 2.96. The maximum absolute atomic E-state index is 13.5. The zero-order chi connectivity index (χ0) is 19.1. The molecule has 0 saturated carbocycles. The van der Waals surface area contributed by atoms with E-state index in [2.05, 4.69) is 9.97 Å². The van der Waals surface area contributed by atoms with Crippen LogP contribution in [0.3, 0.4) is 0 Å². The predicted octanol–water partition coefficient (Wildman–Crippen LogP) is 4.30. The van der Waals surface area contributed by atoms with E-state index in [-0.39, 0.29) is 5.56 Å². The summed E-state index contributed by atoms with van der Waals surface area (Å²) in [5, 5.41) is 1.32. The molecule has 0 saturated heterocycles. The molecular formula is C21H17ClN4O. The average Bonchev–Trinajstić information content (AvgIpc) is 2.63. The van der Waals surface area contributed by atoms with Crippen molar-refractivity contribution < 1.29 is 0 Å². The maximum Gasteiger partial charge on any atom is 0.266 e. The number of hydrogen-bond acceptors (Lipinski definition) is 4. The first-order valence-corrected chi connectivity index (χ1v) is 8.84. The van der Waals surface area contributed by atoms with Gasteiger partial charge in [-0.05, 0) is 67.9 Å². The molecule has 3 aromatic heterocycles. The molecule has 2 N–H and O–H groups in total. The number of aromatic nitrogens is 3. The van der Waals surface area contributed by atoms with E-state index in [1.165, 1.54) is 0 Å². The van der Waals surface area contributed by atoms with Crippen molar-refractivity contribution in [2.45, 2.75) is 13.8 Å². The summed E-state index contributed by atoms with van der Waals surface area (Å²) in [6.45, 7) is 3.76. The van der Waals surface area contributed by atoms with Gasteiger partial charge in [0.15, 0.2) is 0 Å². The molecule has 0 amide bonds. The molecule has 0 aliphatic heterocycles. The van der Waals surface area contributed by atoms with Gasteiger partial charge in [0.2, 0.25) is 0 Å². The lowest BCUT2D eigenvalue weighted by Crippen LogP contribution is -2.23. The van der Waals surface area contributed by atoms with Crippen molar-refractivity contribution in [1.29, 1.82) is 0 Å². The number of hydrogen-bond donors (Lipinski definition) is 1. The number of nitrogen functional groups attached to an aromatic ring is 1. The molecule has 0 bridgehead atoms. The van der Waals surface area contributed by atoms with Gasteiger partial charge in [0, 0.05) is 28.0 Å². The molecule has 0 fully saturated rings. The average molecular weight is 377 g/mol. The predicted molar refractivity (Wildman–Crippen MR) is 109 cm³/mol. The van der Waals surface area contributed by atoms with Crippen molar-refractivity contribution in [3.8, 4) is 16.8 Å². The van der Waals surface area contributed by atoms with Crippen molar-refractivity contribution in [2.24, 2.45) is 0 Å². The smallest absolute Gasteiger partial charge is 0.266 e. The Kier molecular flexibility index (Phi) is 4.16. The molecule has 1 aromatic carbocycles. The molecule has 0 unspecified atom stereocenters. The highest BCUT2D eigenvalue weighted by atomic mass is 35.5. The van der Waals surface area contributed by atoms with Crippen LogP contribution in [0.15, 0.2) is 59.5 Å². The highest BCUT2D eigenvalue weighted by Gasteiger charge is 2.18. The summed E-state index contributed by atoms with van der Waals surface area (Å²) in [7, 11) is 0. The molecule has 0 aliphatic carbocycles. The first-order valence-electron chi connectivity index (χ1n) is 8.46. The Labute approximate surface area is 161 Å². The second-order valence-electron chi connectivity index (χ2n) is 6.42. The summed E-state index contributed by atoms with van der Waals surface area (Å²) in [5.74, 6) is 0. The van der Waals surface area contributed by atoms with E-state index in [1.807, 2.05) is 32.0 Å². The monoisotopic (exact) mass is 376 g/mol. The Morgan fingerprint density at radius 3 is 2.44 bits per heavy atom. The van der Waals surface area contributed by atoms with Crippen LogP contribution < -0.4 is 11.3 Å². The Morgan fingerprint density at radius 1 is 1.00 bits per heavy atom. The highest BCUT2D eigenvalue weighted by molar-refractivity contribution is 6.30. The number of benzene rings is 1. The largest absolute Gasteiger partial charge is 0.397 e. The van der Waals surface area contributed by atoms with Gasteiger partial charge >= 0.3 is 0 Å². The van der Waals surface area contributed by atoms with Crippen LogP contribution in [0.4, 0.5) is 5.69 Å². The van der Waals surface area contributed by atoms with Gasteiger partial charge in [0.1, 0.15) is 5.65 Å². The number of aryl methyl sites for hydroxylation is 2. The lowest BCUT2D eigenvalue weighted by molar-refractivity contribution is 1.01. The Hall–Kier alpha value is -3.18. The molecule has 4 aromatic rings. The van der Waals surface area contributed by atoms with E-state index >= 15 is 0 Å².